The van der Waals surface area contributed by atoms with Crippen LogP contribution in [-0.4, -0.2) is 42.0 Å². The summed E-state index contributed by atoms with van der Waals surface area (Å²) in [7, 11) is 1.73. The Morgan fingerprint density at radius 2 is 2.19 bits per heavy atom. The van der Waals surface area contributed by atoms with E-state index in [-0.39, 0.29) is 11.6 Å². The summed E-state index contributed by atoms with van der Waals surface area (Å²) in [6.07, 6.45) is 0.992. The number of hydrogen-bond acceptors (Lipinski definition) is 4. The van der Waals surface area contributed by atoms with E-state index in [4.69, 9.17) is 11.6 Å². The maximum Gasteiger partial charge on any atom is 0.276 e. The third-order valence-electron chi connectivity index (χ3n) is 3.52. The van der Waals surface area contributed by atoms with Gasteiger partial charge in [0.1, 0.15) is 0 Å². The molecule has 1 aliphatic heterocycles. The maximum atomic E-state index is 12.5. The van der Waals surface area contributed by atoms with E-state index in [1.165, 1.54) is 4.68 Å². The number of aliphatic hydroxyl groups is 1. The van der Waals surface area contributed by atoms with Gasteiger partial charge in [0.25, 0.3) is 5.91 Å². The molecular weight excluding hydrogens is 294 g/mol. The number of nitrogens with zero attached hydrogens (tertiary/aromatic N) is 5. The molecule has 7 nitrogen and oxygen atoms in total. The van der Waals surface area contributed by atoms with Crippen molar-refractivity contribution in [2.45, 2.75) is 26.1 Å². The van der Waals surface area contributed by atoms with E-state index in [2.05, 4.69) is 10.2 Å². The molecule has 0 spiro atoms. The van der Waals surface area contributed by atoms with Crippen LogP contribution in [0, 0.1) is 0 Å². The zero-order valence-corrected chi connectivity index (χ0v) is 12.6. The minimum Gasteiger partial charge on any atom is -0.387 e. The molecule has 0 bridgehead atoms. The van der Waals surface area contributed by atoms with Crippen LogP contribution >= 0.6 is 11.6 Å². The van der Waals surface area contributed by atoms with Crippen molar-refractivity contribution < 1.29 is 9.90 Å². The number of fused-ring (bicyclic) bond motifs is 1. The van der Waals surface area contributed by atoms with Crippen molar-refractivity contribution in [1.29, 1.82) is 0 Å². The summed E-state index contributed by atoms with van der Waals surface area (Å²) in [5, 5.41) is 18.4. The van der Waals surface area contributed by atoms with E-state index >= 15 is 0 Å². The molecule has 3 heterocycles. The first-order valence-electron chi connectivity index (χ1n) is 6.69. The molecule has 3 rings (SSSR count). The molecule has 0 saturated carbocycles. The first-order chi connectivity index (χ1) is 9.95. The highest BCUT2D eigenvalue weighted by Crippen LogP contribution is 2.21. The predicted octanol–water partition coefficient (Wildman–Crippen LogP) is 0.979. The molecule has 2 aromatic heterocycles. The van der Waals surface area contributed by atoms with Crippen molar-refractivity contribution >= 4 is 17.5 Å². The minimum atomic E-state index is -0.613. The van der Waals surface area contributed by atoms with Crippen molar-refractivity contribution in [1.82, 2.24) is 24.5 Å². The first-order valence-corrected chi connectivity index (χ1v) is 7.06. The third kappa shape index (κ3) is 2.54. The van der Waals surface area contributed by atoms with Crippen LogP contribution in [0.2, 0.25) is 5.02 Å². The zero-order chi connectivity index (χ0) is 15.1. The van der Waals surface area contributed by atoms with Crippen LogP contribution in [0.4, 0.5) is 0 Å². The Labute approximate surface area is 126 Å². The fraction of sp³-hybridized carbons (Fsp3) is 0.462. The molecule has 1 amide bonds. The average molecular weight is 310 g/mol. The molecule has 1 aliphatic rings. The van der Waals surface area contributed by atoms with Gasteiger partial charge in [-0.3, -0.25) is 14.2 Å². The van der Waals surface area contributed by atoms with Crippen molar-refractivity contribution in [3.05, 3.63) is 34.4 Å². The molecule has 0 unspecified atom stereocenters. The van der Waals surface area contributed by atoms with Gasteiger partial charge in [-0.1, -0.05) is 11.6 Å². The van der Waals surface area contributed by atoms with Crippen molar-refractivity contribution in [2.24, 2.45) is 7.05 Å². The van der Waals surface area contributed by atoms with Crippen molar-refractivity contribution in [3.63, 3.8) is 0 Å². The van der Waals surface area contributed by atoms with Gasteiger partial charge >= 0.3 is 0 Å². The van der Waals surface area contributed by atoms with Crippen LogP contribution in [0.3, 0.4) is 0 Å². The number of carbonyl (C=O) groups is 1. The zero-order valence-electron chi connectivity index (χ0n) is 11.8. The van der Waals surface area contributed by atoms with Gasteiger partial charge in [-0.25, -0.2) is 0 Å². The Bertz CT molecular complexity index is 691. The Hall–Kier alpha value is -1.86. The lowest BCUT2D eigenvalue weighted by atomic mass is 10.2. The highest BCUT2D eigenvalue weighted by atomic mass is 35.5. The Kier molecular flexibility index (Phi) is 3.46. The monoisotopic (exact) mass is 309 g/mol. The van der Waals surface area contributed by atoms with Gasteiger partial charge < -0.3 is 10.0 Å². The number of carbonyl (C=O) groups excluding carboxylic acids is 1. The number of aromatic nitrogens is 4. The molecule has 0 aromatic carbocycles. The summed E-state index contributed by atoms with van der Waals surface area (Å²) in [6.45, 7) is 3.24. The molecule has 0 saturated heterocycles. The molecular formula is C13H16ClN5O2. The Balaban J connectivity index is 1.82. The number of hydrogen-bond donors (Lipinski definition) is 1. The smallest absolute Gasteiger partial charge is 0.276 e. The van der Waals surface area contributed by atoms with Crippen LogP contribution < -0.4 is 0 Å². The average Bonchev–Trinajstić information content (AvgIpc) is 3.00. The van der Waals surface area contributed by atoms with Gasteiger partial charge in [0.15, 0.2) is 5.69 Å². The lowest BCUT2D eigenvalue weighted by molar-refractivity contribution is 0.0699. The highest BCUT2D eigenvalue weighted by molar-refractivity contribution is 6.33. The number of halogens is 1. The topological polar surface area (TPSA) is 76.2 Å². The second-order valence-electron chi connectivity index (χ2n) is 5.19. The molecule has 1 N–H and O–H groups in total. The predicted molar refractivity (Wildman–Crippen MR) is 75.8 cm³/mol. The van der Waals surface area contributed by atoms with Gasteiger partial charge in [-0.05, 0) is 13.0 Å². The van der Waals surface area contributed by atoms with Crippen LogP contribution in [0.5, 0.6) is 0 Å². The van der Waals surface area contributed by atoms with Gasteiger partial charge in [0.05, 0.1) is 35.6 Å². The van der Waals surface area contributed by atoms with Gasteiger partial charge in [-0.15, -0.1) is 0 Å². The lowest BCUT2D eigenvalue weighted by Gasteiger charge is -2.27. The van der Waals surface area contributed by atoms with E-state index in [0.29, 0.717) is 30.4 Å². The third-order valence-corrected chi connectivity index (χ3v) is 3.80. The van der Waals surface area contributed by atoms with E-state index in [0.717, 1.165) is 5.69 Å². The van der Waals surface area contributed by atoms with Gasteiger partial charge in [-0.2, -0.15) is 10.2 Å². The summed E-state index contributed by atoms with van der Waals surface area (Å²) >= 11 is 6.02. The van der Waals surface area contributed by atoms with Crippen LogP contribution in [0.1, 0.15) is 34.9 Å². The summed E-state index contributed by atoms with van der Waals surface area (Å²) in [5.74, 6) is -0.188. The minimum absolute atomic E-state index is 0.188. The maximum absolute atomic E-state index is 12.5. The standard InChI is InChI=1S/C13H16ClN5O2/c1-8(20)11-5-9-6-18(3-4-19(9)15-11)13(21)12-10(14)7-17(2)16-12/h5,7-8,20H,3-4,6H2,1-2H3/t8-/m1/s1. The van der Waals surface area contributed by atoms with E-state index in [1.54, 1.807) is 25.1 Å². The Morgan fingerprint density at radius 3 is 2.81 bits per heavy atom. The van der Waals surface area contributed by atoms with Gasteiger partial charge in [0, 0.05) is 19.8 Å². The second-order valence-corrected chi connectivity index (χ2v) is 5.59. The van der Waals surface area contributed by atoms with Gasteiger partial charge in [0.2, 0.25) is 0 Å². The van der Waals surface area contributed by atoms with E-state index in [9.17, 15) is 9.90 Å². The highest BCUT2D eigenvalue weighted by Gasteiger charge is 2.26. The fourth-order valence-corrected chi connectivity index (χ4v) is 2.68. The SMILES string of the molecule is C[C@@H](O)c1cc2n(n1)CCN(C(=O)c1nn(C)cc1Cl)C2. The molecule has 1 atom stereocenters. The van der Waals surface area contributed by atoms with Crippen molar-refractivity contribution in [2.75, 3.05) is 6.54 Å². The number of aryl methyl sites for hydroxylation is 1. The van der Waals surface area contributed by atoms with E-state index in [1.807, 2.05) is 10.7 Å². The summed E-state index contributed by atoms with van der Waals surface area (Å²) in [4.78, 5) is 14.2. The quantitative estimate of drug-likeness (QED) is 0.897. The number of amides is 1. The number of aliphatic hydroxyl groups excluding tert-OH is 1. The molecule has 8 heteroatoms. The van der Waals surface area contributed by atoms with Crippen LogP contribution in [0.25, 0.3) is 0 Å². The molecule has 2 aromatic rings. The van der Waals surface area contributed by atoms with Crippen molar-refractivity contribution in [3.8, 4) is 0 Å². The van der Waals surface area contributed by atoms with Crippen LogP contribution in [0.15, 0.2) is 12.3 Å². The fourth-order valence-electron chi connectivity index (χ4n) is 2.42. The normalized spacial score (nSPS) is 15.9. The largest absolute Gasteiger partial charge is 0.387 e. The second kappa shape index (κ2) is 5.16. The number of rotatable bonds is 2. The molecule has 0 aliphatic carbocycles. The molecule has 0 radical (unpaired) electrons. The molecule has 21 heavy (non-hydrogen) atoms. The summed E-state index contributed by atoms with van der Waals surface area (Å²) < 4.78 is 3.35. The van der Waals surface area contributed by atoms with E-state index < -0.39 is 6.10 Å². The molecule has 112 valence electrons. The first kappa shape index (κ1) is 14.1. The lowest BCUT2D eigenvalue weighted by Crippen LogP contribution is -2.38. The summed E-state index contributed by atoms with van der Waals surface area (Å²) in [6, 6.07) is 1.82. The summed E-state index contributed by atoms with van der Waals surface area (Å²) in [5.41, 5.74) is 1.79. The van der Waals surface area contributed by atoms with Crippen LogP contribution in [-0.2, 0) is 20.1 Å². The molecule has 0 fully saturated rings. The Morgan fingerprint density at radius 1 is 1.43 bits per heavy atom.